The second-order valence-electron chi connectivity index (χ2n) is 7.41. The summed E-state index contributed by atoms with van der Waals surface area (Å²) in [6, 6.07) is 20.8. The zero-order valence-corrected chi connectivity index (χ0v) is 21.1. The topological polar surface area (TPSA) is 118 Å². The second-order valence-corrected chi connectivity index (χ2v) is 8.33. The minimum atomic E-state index is -0.947. The first-order valence-electron chi connectivity index (χ1n) is 11.1. The largest absolute Gasteiger partial charge is 0.494 e. The van der Waals surface area contributed by atoms with Gasteiger partial charge < -0.3 is 20.1 Å². The number of carbonyl (C=O) groups excluding carboxylic acids is 3. The van der Waals surface area contributed by atoms with Crippen LogP contribution in [0.3, 0.4) is 0 Å². The van der Waals surface area contributed by atoms with Crippen molar-refractivity contribution in [2.24, 2.45) is 5.10 Å². The average molecular weight is 553 g/mol. The molecular weight excluding hydrogens is 528 g/mol. The van der Waals surface area contributed by atoms with Crippen molar-refractivity contribution in [2.45, 2.75) is 13.3 Å². The molecule has 10 heteroatoms. The van der Waals surface area contributed by atoms with Crippen LogP contribution in [0, 0.1) is 0 Å². The lowest BCUT2D eigenvalue weighted by Crippen LogP contribution is -2.32. The molecular formula is C26H25BrN4O5. The fourth-order valence-electron chi connectivity index (χ4n) is 2.87. The fraction of sp³-hybridized carbons (Fsp3) is 0.154. The molecule has 3 amide bonds. The summed E-state index contributed by atoms with van der Waals surface area (Å²) in [5.74, 6) is -1.11. The van der Waals surface area contributed by atoms with Gasteiger partial charge in [0, 0.05) is 21.4 Å². The predicted molar refractivity (Wildman–Crippen MR) is 141 cm³/mol. The Kier molecular flexibility index (Phi) is 10.0. The summed E-state index contributed by atoms with van der Waals surface area (Å²) in [5.41, 5.74) is 3.77. The van der Waals surface area contributed by atoms with E-state index in [1.807, 2.05) is 25.1 Å². The summed E-state index contributed by atoms with van der Waals surface area (Å²) in [6.45, 7) is 2.37. The molecule has 186 valence electrons. The number of amides is 3. The number of carbonyl (C=O) groups is 3. The maximum atomic E-state index is 12.2. The van der Waals surface area contributed by atoms with E-state index < -0.39 is 11.8 Å². The smallest absolute Gasteiger partial charge is 0.329 e. The SMILES string of the molecule is CCCOc1ccc(NC(=O)C(=O)N/N=C\c2cc(Br)ccc2OCC(=O)Nc2ccccc2)cc1. The van der Waals surface area contributed by atoms with Gasteiger partial charge in [-0.1, -0.05) is 41.1 Å². The number of rotatable bonds is 10. The molecule has 9 nitrogen and oxygen atoms in total. The number of para-hydroxylation sites is 1. The van der Waals surface area contributed by atoms with Crippen LogP contribution in [0.2, 0.25) is 0 Å². The van der Waals surface area contributed by atoms with Gasteiger partial charge >= 0.3 is 11.8 Å². The van der Waals surface area contributed by atoms with Crippen LogP contribution in [0.15, 0.2) is 82.4 Å². The van der Waals surface area contributed by atoms with E-state index in [-0.39, 0.29) is 12.5 Å². The highest BCUT2D eigenvalue weighted by Crippen LogP contribution is 2.22. The molecule has 0 aliphatic carbocycles. The van der Waals surface area contributed by atoms with Crippen LogP contribution >= 0.6 is 15.9 Å². The zero-order valence-electron chi connectivity index (χ0n) is 19.5. The minimum absolute atomic E-state index is 0.228. The quantitative estimate of drug-likeness (QED) is 0.196. The maximum Gasteiger partial charge on any atom is 0.329 e. The van der Waals surface area contributed by atoms with Gasteiger partial charge in [0.2, 0.25) is 0 Å². The Morgan fingerprint density at radius 2 is 1.61 bits per heavy atom. The summed E-state index contributed by atoms with van der Waals surface area (Å²) in [5, 5.41) is 9.06. The van der Waals surface area contributed by atoms with Crippen LogP contribution in [0.1, 0.15) is 18.9 Å². The molecule has 0 spiro atoms. The Morgan fingerprint density at radius 1 is 0.889 bits per heavy atom. The first-order chi connectivity index (χ1) is 17.4. The standard InChI is InChI=1S/C26H25BrN4O5/c1-2-14-35-22-11-9-21(10-12-22)30-25(33)26(34)31-28-16-18-15-19(27)8-13-23(18)36-17-24(32)29-20-6-4-3-5-7-20/h3-13,15-16H,2,14,17H2,1H3,(H,29,32)(H,30,33)(H,31,34)/b28-16-. The predicted octanol–water partition coefficient (Wildman–Crippen LogP) is 4.34. The van der Waals surface area contributed by atoms with Crippen molar-refractivity contribution in [3.05, 3.63) is 82.8 Å². The van der Waals surface area contributed by atoms with Crippen molar-refractivity contribution < 1.29 is 23.9 Å². The Balaban J connectivity index is 1.53. The molecule has 0 saturated carbocycles. The molecule has 3 aromatic rings. The third-order valence-corrected chi connectivity index (χ3v) is 5.04. The number of nitrogens with one attached hydrogen (secondary N) is 3. The Bertz CT molecular complexity index is 1220. The average Bonchev–Trinajstić information content (AvgIpc) is 2.88. The molecule has 3 N–H and O–H groups in total. The third-order valence-electron chi connectivity index (χ3n) is 4.55. The molecule has 0 unspecified atom stereocenters. The minimum Gasteiger partial charge on any atom is -0.494 e. The lowest BCUT2D eigenvalue weighted by Gasteiger charge is -2.10. The normalized spacial score (nSPS) is 10.5. The number of hydrazone groups is 1. The number of benzene rings is 3. The molecule has 3 rings (SSSR count). The number of ether oxygens (including phenoxy) is 2. The van der Waals surface area contributed by atoms with Crippen LogP contribution in [0.4, 0.5) is 11.4 Å². The van der Waals surface area contributed by atoms with Crippen molar-refractivity contribution in [2.75, 3.05) is 23.8 Å². The molecule has 0 saturated heterocycles. The van der Waals surface area contributed by atoms with Gasteiger partial charge in [-0.2, -0.15) is 5.10 Å². The van der Waals surface area contributed by atoms with Gasteiger partial charge in [-0.25, -0.2) is 5.43 Å². The number of nitrogens with zero attached hydrogens (tertiary/aromatic N) is 1. The van der Waals surface area contributed by atoms with Crippen molar-refractivity contribution in [3.63, 3.8) is 0 Å². The highest BCUT2D eigenvalue weighted by atomic mass is 79.9. The van der Waals surface area contributed by atoms with E-state index >= 15 is 0 Å². The van der Waals surface area contributed by atoms with Gasteiger partial charge in [0.05, 0.1) is 12.8 Å². The molecule has 36 heavy (non-hydrogen) atoms. The summed E-state index contributed by atoms with van der Waals surface area (Å²) >= 11 is 3.36. The van der Waals surface area contributed by atoms with Crippen molar-refractivity contribution in [1.29, 1.82) is 0 Å². The Morgan fingerprint density at radius 3 is 2.33 bits per heavy atom. The van der Waals surface area contributed by atoms with Gasteiger partial charge in [-0.3, -0.25) is 14.4 Å². The molecule has 0 radical (unpaired) electrons. The Hall–Kier alpha value is -4.18. The van der Waals surface area contributed by atoms with Crippen molar-refractivity contribution in [1.82, 2.24) is 5.43 Å². The first-order valence-corrected chi connectivity index (χ1v) is 11.9. The number of hydrogen-bond acceptors (Lipinski definition) is 6. The summed E-state index contributed by atoms with van der Waals surface area (Å²) < 4.78 is 11.8. The summed E-state index contributed by atoms with van der Waals surface area (Å²) in [4.78, 5) is 36.5. The van der Waals surface area contributed by atoms with Gasteiger partial charge in [0.1, 0.15) is 11.5 Å². The van der Waals surface area contributed by atoms with Crippen LogP contribution in [0.25, 0.3) is 0 Å². The highest BCUT2D eigenvalue weighted by molar-refractivity contribution is 9.10. The molecule has 0 atom stereocenters. The second kappa shape index (κ2) is 13.6. The Labute approximate surface area is 217 Å². The molecule has 3 aromatic carbocycles. The molecule has 0 aliphatic heterocycles. The van der Waals surface area contributed by atoms with Gasteiger partial charge in [-0.05, 0) is 61.0 Å². The van der Waals surface area contributed by atoms with E-state index in [0.717, 1.165) is 10.9 Å². The van der Waals surface area contributed by atoms with E-state index in [0.29, 0.717) is 35.0 Å². The summed E-state index contributed by atoms with van der Waals surface area (Å²) in [7, 11) is 0. The summed E-state index contributed by atoms with van der Waals surface area (Å²) in [6.07, 6.45) is 2.20. The zero-order chi connectivity index (χ0) is 25.8. The van der Waals surface area contributed by atoms with Crippen LogP contribution in [-0.2, 0) is 14.4 Å². The monoisotopic (exact) mass is 552 g/mol. The lowest BCUT2D eigenvalue weighted by molar-refractivity contribution is -0.136. The number of hydrogen-bond donors (Lipinski definition) is 3. The van der Waals surface area contributed by atoms with Crippen molar-refractivity contribution >= 4 is 51.2 Å². The van der Waals surface area contributed by atoms with E-state index in [4.69, 9.17) is 9.47 Å². The molecule has 0 aromatic heterocycles. The maximum absolute atomic E-state index is 12.2. The first kappa shape index (κ1) is 26.4. The van der Waals surface area contributed by atoms with Crippen LogP contribution in [-0.4, -0.2) is 37.1 Å². The van der Waals surface area contributed by atoms with Gasteiger partial charge in [-0.15, -0.1) is 0 Å². The molecule has 0 heterocycles. The number of halogens is 1. The fourth-order valence-corrected chi connectivity index (χ4v) is 3.25. The van der Waals surface area contributed by atoms with E-state index in [1.54, 1.807) is 54.6 Å². The van der Waals surface area contributed by atoms with E-state index in [1.165, 1.54) is 6.21 Å². The van der Waals surface area contributed by atoms with Crippen LogP contribution < -0.4 is 25.5 Å². The third kappa shape index (κ3) is 8.55. The van der Waals surface area contributed by atoms with Crippen LogP contribution in [0.5, 0.6) is 11.5 Å². The number of anilines is 2. The molecule has 0 aliphatic rings. The van der Waals surface area contributed by atoms with Gasteiger partial charge in [0.15, 0.2) is 6.61 Å². The highest BCUT2D eigenvalue weighted by Gasteiger charge is 2.13. The van der Waals surface area contributed by atoms with Gasteiger partial charge in [0.25, 0.3) is 5.91 Å². The molecule has 0 bridgehead atoms. The van der Waals surface area contributed by atoms with Crippen molar-refractivity contribution in [3.8, 4) is 11.5 Å². The van der Waals surface area contributed by atoms with E-state index in [2.05, 4.69) is 37.1 Å². The lowest BCUT2D eigenvalue weighted by atomic mass is 10.2. The van der Waals surface area contributed by atoms with E-state index in [9.17, 15) is 14.4 Å². The molecule has 0 fully saturated rings.